The third-order valence-corrected chi connectivity index (χ3v) is 5.51. The van der Waals surface area contributed by atoms with E-state index < -0.39 is 24.7 Å². The van der Waals surface area contributed by atoms with E-state index in [1.165, 1.54) is 0 Å². The van der Waals surface area contributed by atoms with E-state index in [9.17, 15) is 18.0 Å². The summed E-state index contributed by atoms with van der Waals surface area (Å²) in [6.07, 6.45) is 0.232. The van der Waals surface area contributed by atoms with Gasteiger partial charge in [0, 0.05) is 24.2 Å². The fourth-order valence-electron chi connectivity index (χ4n) is 3.96. The standard InChI is InChI=1S/C18H22ClF3N2O/c19-15-8-4-1-5-13(15)11-24(14-6-2-3-7-14)16-9-10-23(17(16)25)12-18(20,21)22/h1,4-5,8,14,16H,2-3,6-7,9-12H2. The van der Waals surface area contributed by atoms with E-state index in [1.807, 2.05) is 18.2 Å². The van der Waals surface area contributed by atoms with Crippen molar-refractivity contribution in [3.63, 3.8) is 0 Å². The highest BCUT2D eigenvalue weighted by molar-refractivity contribution is 6.31. The van der Waals surface area contributed by atoms with Crippen molar-refractivity contribution in [2.24, 2.45) is 0 Å². The van der Waals surface area contributed by atoms with Gasteiger partial charge in [0.2, 0.25) is 5.91 Å². The molecule has 1 aliphatic carbocycles. The van der Waals surface area contributed by atoms with Gasteiger partial charge in [0.15, 0.2) is 0 Å². The number of likely N-dealkylation sites (tertiary alicyclic amines) is 1. The number of carbonyl (C=O) groups is 1. The number of alkyl halides is 3. The molecule has 1 atom stereocenters. The van der Waals surface area contributed by atoms with Crippen LogP contribution >= 0.6 is 11.6 Å². The second-order valence-corrected chi connectivity index (χ2v) is 7.29. The molecule has 0 N–H and O–H groups in total. The van der Waals surface area contributed by atoms with Gasteiger partial charge in [-0.1, -0.05) is 42.6 Å². The zero-order valence-corrected chi connectivity index (χ0v) is 14.7. The lowest BCUT2D eigenvalue weighted by Gasteiger charge is -2.33. The predicted molar refractivity (Wildman–Crippen MR) is 90.3 cm³/mol. The van der Waals surface area contributed by atoms with Crippen LogP contribution in [0.2, 0.25) is 5.02 Å². The van der Waals surface area contributed by atoms with Crippen LogP contribution in [0.4, 0.5) is 13.2 Å². The minimum atomic E-state index is -4.36. The first kappa shape index (κ1) is 18.5. The molecule has 25 heavy (non-hydrogen) atoms. The highest BCUT2D eigenvalue weighted by atomic mass is 35.5. The SMILES string of the molecule is O=C1C(N(Cc2ccccc2Cl)C2CCCC2)CCN1CC(F)(F)F. The van der Waals surface area contributed by atoms with Gasteiger partial charge in [-0.05, 0) is 30.9 Å². The van der Waals surface area contributed by atoms with Gasteiger partial charge in [-0.3, -0.25) is 9.69 Å². The van der Waals surface area contributed by atoms with Gasteiger partial charge >= 0.3 is 6.18 Å². The Kier molecular flexibility index (Phi) is 5.58. The highest BCUT2D eigenvalue weighted by Gasteiger charge is 2.43. The van der Waals surface area contributed by atoms with Crippen LogP contribution in [0.5, 0.6) is 0 Å². The van der Waals surface area contributed by atoms with Crippen LogP contribution in [-0.4, -0.2) is 47.1 Å². The van der Waals surface area contributed by atoms with Gasteiger partial charge in [-0.2, -0.15) is 13.2 Å². The number of hydrogen-bond donors (Lipinski definition) is 0. The lowest BCUT2D eigenvalue weighted by atomic mass is 10.1. The van der Waals surface area contributed by atoms with Crippen LogP contribution in [0.1, 0.15) is 37.7 Å². The van der Waals surface area contributed by atoms with E-state index in [2.05, 4.69) is 4.90 Å². The molecule has 1 heterocycles. The Labute approximate surface area is 150 Å². The number of benzene rings is 1. The van der Waals surface area contributed by atoms with Crippen LogP contribution in [0, 0.1) is 0 Å². The quantitative estimate of drug-likeness (QED) is 0.769. The molecular formula is C18H22ClF3N2O. The predicted octanol–water partition coefficient (Wildman–Crippen LogP) is 4.25. The van der Waals surface area contributed by atoms with E-state index in [1.54, 1.807) is 6.07 Å². The van der Waals surface area contributed by atoms with E-state index in [0.717, 1.165) is 36.1 Å². The van der Waals surface area contributed by atoms with Crippen molar-refractivity contribution in [3.8, 4) is 0 Å². The molecule has 138 valence electrons. The van der Waals surface area contributed by atoms with Crippen molar-refractivity contribution in [3.05, 3.63) is 34.9 Å². The molecule has 1 saturated heterocycles. The van der Waals surface area contributed by atoms with Crippen molar-refractivity contribution >= 4 is 17.5 Å². The lowest BCUT2D eigenvalue weighted by Crippen LogP contribution is -2.47. The molecule has 0 aromatic heterocycles. The van der Waals surface area contributed by atoms with Crippen molar-refractivity contribution in [1.29, 1.82) is 0 Å². The zero-order valence-electron chi connectivity index (χ0n) is 13.9. The summed E-state index contributed by atoms with van der Waals surface area (Å²) in [6.45, 7) is -0.498. The molecule has 1 saturated carbocycles. The highest BCUT2D eigenvalue weighted by Crippen LogP contribution is 2.32. The van der Waals surface area contributed by atoms with E-state index in [4.69, 9.17) is 11.6 Å². The first-order chi connectivity index (χ1) is 11.8. The molecule has 0 spiro atoms. The largest absolute Gasteiger partial charge is 0.406 e. The molecule has 0 radical (unpaired) electrons. The zero-order chi connectivity index (χ0) is 18.0. The Bertz CT molecular complexity index is 617. The Balaban J connectivity index is 1.78. The Hall–Kier alpha value is -1.27. The summed E-state index contributed by atoms with van der Waals surface area (Å²) in [4.78, 5) is 15.6. The molecule has 1 aromatic carbocycles. The second-order valence-electron chi connectivity index (χ2n) is 6.88. The van der Waals surface area contributed by atoms with E-state index >= 15 is 0 Å². The van der Waals surface area contributed by atoms with Crippen LogP contribution in [-0.2, 0) is 11.3 Å². The van der Waals surface area contributed by atoms with Crippen molar-refractivity contribution in [2.45, 2.75) is 56.9 Å². The van der Waals surface area contributed by atoms with Crippen molar-refractivity contribution in [2.75, 3.05) is 13.1 Å². The molecule has 0 bridgehead atoms. The molecular weight excluding hydrogens is 353 g/mol. The van der Waals surface area contributed by atoms with Gasteiger partial charge in [-0.15, -0.1) is 0 Å². The molecule has 1 aromatic rings. The average molecular weight is 375 g/mol. The summed E-state index contributed by atoms with van der Waals surface area (Å²) >= 11 is 6.26. The van der Waals surface area contributed by atoms with Crippen LogP contribution in [0.15, 0.2) is 24.3 Å². The topological polar surface area (TPSA) is 23.6 Å². The van der Waals surface area contributed by atoms with Crippen LogP contribution < -0.4 is 0 Å². The summed E-state index contributed by atoms with van der Waals surface area (Å²) in [5, 5.41) is 0.628. The number of rotatable bonds is 5. The Morgan fingerprint density at radius 2 is 1.84 bits per heavy atom. The first-order valence-electron chi connectivity index (χ1n) is 8.70. The molecule has 7 heteroatoms. The lowest BCUT2D eigenvalue weighted by molar-refractivity contribution is -0.159. The molecule has 3 nitrogen and oxygen atoms in total. The first-order valence-corrected chi connectivity index (χ1v) is 9.07. The fraction of sp³-hybridized carbons (Fsp3) is 0.611. The third kappa shape index (κ3) is 4.47. The molecule has 1 aliphatic heterocycles. The number of nitrogens with zero attached hydrogens (tertiary/aromatic N) is 2. The van der Waals surface area contributed by atoms with Gasteiger partial charge in [0.1, 0.15) is 6.54 Å². The van der Waals surface area contributed by atoms with Crippen molar-refractivity contribution in [1.82, 2.24) is 9.80 Å². The summed E-state index contributed by atoms with van der Waals surface area (Å²) in [7, 11) is 0. The van der Waals surface area contributed by atoms with Crippen molar-refractivity contribution < 1.29 is 18.0 Å². The van der Waals surface area contributed by atoms with Crippen LogP contribution in [0.25, 0.3) is 0 Å². The fourth-order valence-corrected chi connectivity index (χ4v) is 4.15. The number of amides is 1. The van der Waals surface area contributed by atoms with Gasteiger partial charge in [0.05, 0.1) is 6.04 Å². The number of hydrogen-bond acceptors (Lipinski definition) is 2. The molecule has 1 unspecified atom stereocenters. The minimum absolute atomic E-state index is 0.161. The summed E-state index contributed by atoms with van der Waals surface area (Å²) in [5.74, 6) is -0.406. The molecule has 3 rings (SSSR count). The smallest absolute Gasteiger partial charge is 0.332 e. The summed E-state index contributed by atoms with van der Waals surface area (Å²) in [6, 6.07) is 7.20. The summed E-state index contributed by atoms with van der Waals surface area (Å²) < 4.78 is 38.1. The maximum atomic E-state index is 12.7. The normalized spacial score (nSPS) is 22.4. The average Bonchev–Trinajstić information content (AvgIpc) is 3.17. The number of halogens is 4. The molecule has 1 amide bonds. The maximum Gasteiger partial charge on any atom is 0.406 e. The van der Waals surface area contributed by atoms with E-state index in [-0.39, 0.29) is 12.6 Å². The molecule has 2 fully saturated rings. The summed E-state index contributed by atoms with van der Waals surface area (Å²) in [5.41, 5.74) is 0.915. The second kappa shape index (κ2) is 7.54. The van der Waals surface area contributed by atoms with Crippen LogP contribution in [0.3, 0.4) is 0 Å². The minimum Gasteiger partial charge on any atom is -0.332 e. The van der Waals surface area contributed by atoms with Gasteiger partial charge in [-0.25, -0.2) is 0 Å². The van der Waals surface area contributed by atoms with E-state index in [0.29, 0.717) is 18.0 Å². The monoisotopic (exact) mass is 374 g/mol. The van der Waals surface area contributed by atoms with Gasteiger partial charge < -0.3 is 4.90 Å². The molecule has 2 aliphatic rings. The third-order valence-electron chi connectivity index (χ3n) is 5.14. The maximum absolute atomic E-state index is 12.7. The van der Waals surface area contributed by atoms with Gasteiger partial charge in [0.25, 0.3) is 0 Å². The number of carbonyl (C=O) groups excluding carboxylic acids is 1. The Morgan fingerprint density at radius 3 is 2.48 bits per heavy atom. The Morgan fingerprint density at radius 1 is 1.16 bits per heavy atom.